The van der Waals surface area contributed by atoms with Gasteiger partial charge in [0.25, 0.3) is 5.56 Å². The molecule has 122 valence electrons. The van der Waals surface area contributed by atoms with Crippen molar-refractivity contribution in [2.24, 2.45) is 5.92 Å². The van der Waals surface area contributed by atoms with Crippen LogP contribution in [0.15, 0.2) is 23.1 Å². The van der Waals surface area contributed by atoms with Gasteiger partial charge in [-0.15, -0.1) is 0 Å². The number of aromatic nitrogens is 1. The Morgan fingerprint density at radius 1 is 1.27 bits per heavy atom. The number of hydrogen-bond donors (Lipinski definition) is 1. The lowest BCUT2D eigenvalue weighted by Gasteiger charge is -2.21. The molecule has 7 heteroatoms. The number of pyridine rings is 1. The van der Waals surface area contributed by atoms with E-state index < -0.39 is 29.8 Å². The van der Waals surface area contributed by atoms with E-state index in [9.17, 15) is 22.8 Å². The molecule has 2 rings (SSSR count). The van der Waals surface area contributed by atoms with Gasteiger partial charge in [0, 0.05) is 12.7 Å². The molecular formula is C15H19F3N2O2. The number of alkyl halides is 3. The number of rotatable bonds is 4. The lowest BCUT2D eigenvalue weighted by atomic mass is 9.89. The lowest BCUT2D eigenvalue weighted by Crippen LogP contribution is -2.37. The third kappa shape index (κ3) is 4.35. The molecule has 1 amide bonds. The van der Waals surface area contributed by atoms with Crippen LogP contribution in [0.2, 0.25) is 0 Å². The molecule has 1 saturated carbocycles. The number of nitrogens with zero attached hydrogens (tertiary/aromatic N) is 1. The Kier molecular flexibility index (Phi) is 5.26. The highest BCUT2D eigenvalue weighted by Crippen LogP contribution is 2.26. The number of nitrogens with one attached hydrogen (secondary N) is 1. The monoisotopic (exact) mass is 316 g/mol. The van der Waals surface area contributed by atoms with Crippen molar-refractivity contribution in [2.45, 2.75) is 44.8 Å². The second-order valence-corrected chi connectivity index (χ2v) is 5.66. The average molecular weight is 316 g/mol. The van der Waals surface area contributed by atoms with E-state index in [1.807, 2.05) is 0 Å². The summed E-state index contributed by atoms with van der Waals surface area (Å²) in [5.74, 6) is -0.0112. The van der Waals surface area contributed by atoms with Crippen LogP contribution in [-0.2, 0) is 17.5 Å². The molecule has 0 saturated heterocycles. The van der Waals surface area contributed by atoms with E-state index in [-0.39, 0.29) is 0 Å². The number of hydrogen-bond acceptors (Lipinski definition) is 2. The molecular weight excluding hydrogens is 297 g/mol. The summed E-state index contributed by atoms with van der Waals surface area (Å²) >= 11 is 0. The van der Waals surface area contributed by atoms with E-state index in [1.165, 1.54) is 12.6 Å². The Hall–Kier alpha value is -1.79. The molecule has 1 aromatic heterocycles. The van der Waals surface area contributed by atoms with Gasteiger partial charge in [-0.1, -0.05) is 19.3 Å². The van der Waals surface area contributed by atoms with Crippen molar-refractivity contribution >= 4 is 5.91 Å². The van der Waals surface area contributed by atoms with Crippen LogP contribution in [0.25, 0.3) is 0 Å². The van der Waals surface area contributed by atoms with Gasteiger partial charge in [0.15, 0.2) is 0 Å². The van der Waals surface area contributed by atoms with Gasteiger partial charge in [-0.25, -0.2) is 0 Å². The summed E-state index contributed by atoms with van der Waals surface area (Å²) < 4.78 is 38.7. The van der Waals surface area contributed by atoms with Gasteiger partial charge in [-0.3, -0.25) is 9.59 Å². The molecule has 1 aromatic rings. The van der Waals surface area contributed by atoms with Crippen LogP contribution < -0.4 is 10.9 Å². The van der Waals surface area contributed by atoms with Crippen molar-refractivity contribution in [1.29, 1.82) is 0 Å². The first-order valence-corrected chi connectivity index (χ1v) is 7.41. The maximum Gasteiger partial charge on any atom is 0.421 e. The number of amides is 1. The second kappa shape index (κ2) is 6.98. The molecule has 1 N–H and O–H groups in total. The summed E-state index contributed by atoms with van der Waals surface area (Å²) in [6.07, 6.45) is 2.11. The van der Waals surface area contributed by atoms with Crippen LogP contribution in [0.3, 0.4) is 0 Å². The Balaban J connectivity index is 1.95. The molecule has 1 fully saturated rings. The Bertz CT molecular complexity index is 575. The van der Waals surface area contributed by atoms with E-state index in [4.69, 9.17) is 0 Å². The predicted molar refractivity (Wildman–Crippen MR) is 75.3 cm³/mol. The first-order chi connectivity index (χ1) is 10.4. The highest BCUT2D eigenvalue weighted by molar-refractivity contribution is 5.75. The van der Waals surface area contributed by atoms with Gasteiger partial charge in [0.2, 0.25) is 5.91 Å². The zero-order chi connectivity index (χ0) is 16.2. The van der Waals surface area contributed by atoms with Gasteiger partial charge in [0.1, 0.15) is 12.1 Å². The van der Waals surface area contributed by atoms with Crippen molar-refractivity contribution in [3.05, 3.63) is 34.2 Å². The third-order valence-corrected chi connectivity index (χ3v) is 3.95. The largest absolute Gasteiger partial charge is 0.421 e. The van der Waals surface area contributed by atoms with Crippen molar-refractivity contribution < 1.29 is 18.0 Å². The summed E-state index contributed by atoms with van der Waals surface area (Å²) in [6, 6.07) is 1.84. The van der Waals surface area contributed by atoms with Crippen LogP contribution in [0.4, 0.5) is 13.2 Å². The molecule has 0 unspecified atom stereocenters. The molecule has 0 aliphatic heterocycles. The van der Waals surface area contributed by atoms with Gasteiger partial charge >= 0.3 is 6.18 Å². The minimum atomic E-state index is -4.71. The Morgan fingerprint density at radius 2 is 1.95 bits per heavy atom. The number of halogens is 3. The molecule has 1 aliphatic rings. The summed E-state index contributed by atoms with van der Waals surface area (Å²) in [5.41, 5.74) is -2.45. The molecule has 0 bridgehead atoms. The van der Waals surface area contributed by atoms with E-state index in [2.05, 4.69) is 5.32 Å². The van der Waals surface area contributed by atoms with Crippen LogP contribution in [0.5, 0.6) is 0 Å². The molecule has 0 spiro atoms. The first kappa shape index (κ1) is 16.6. The summed E-state index contributed by atoms with van der Waals surface area (Å²) in [5, 5.41) is 2.71. The van der Waals surface area contributed by atoms with E-state index in [1.54, 1.807) is 0 Å². The summed E-state index contributed by atoms with van der Waals surface area (Å²) in [6.45, 7) is 0.127. The predicted octanol–water partition coefficient (Wildman–Crippen LogP) is 2.56. The van der Waals surface area contributed by atoms with E-state index in [0.29, 0.717) is 12.5 Å². The first-order valence-electron chi connectivity index (χ1n) is 7.41. The number of carbonyl (C=O) groups excluding carboxylic acids is 1. The fourth-order valence-corrected chi connectivity index (χ4v) is 2.74. The second-order valence-electron chi connectivity index (χ2n) is 5.66. The minimum Gasteiger partial charge on any atom is -0.354 e. The fraction of sp³-hybridized carbons (Fsp3) is 0.600. The smallest absolute Gasteiger partial charge is 0.354 e. The molecule has 1 heterocycles. The van der Waals surface area contributed by atoms with Crippen LogP contribution in [-0.4, -0.2) is 17.0 Å². The van der Waals surface area contributed by atoms with Crippen LogP contribution >= 0.6 is 0 Å². The minimum absolute atomic E-state index is 0.393. The maximum atomic E-state index is 12.6. The van der Waals surface area contributed by atoms with E-state index >= 15 is 0 Å². The van der Waals surface area contributed by atoms with Crippen molar-refractivity contribution in [3.8, 4) is 0 Å². The third-order valence-electron chi connectivity index (χ3n) is 3.95. The molecule has 0 aromatic carbocycles. The molecule has 0 radical (unpaired) electrons. The zero-order valence-corrected chi connectivity index (χ0v) is 12.2. The average Bonchev–Trinajstić information content (AvgIpc) is 2.47. The highest BCUT2D eigenvalue weighted by Gasteiger charge is 2.34. The number of carbonyl (C=O) groups is 1. The van der Waals surface area contributed by atoms with Crippen molar-refractivity contribution in [1.82, 2.24) is 9.88 Å². The Labute approximate surface area is 126 Å². The molecule has 1 aliphatic carbocycles. The van der Waals surface area contributed by atoms with Crippen LogP contribution in [0, 0.1) is 5.92 Å². The lowest BCUT2D eigenvalue weighted by molar-refractivity contribution is -0.139. The molecule has 0 atom stereocenters. The van der Waals surface area contributed by atoms with Crippen molar-refractivity contribution in [3.63, 3.8) is 0 Å². The van der Waals surface area contributed by atoms with Crippen molar-refractivity contribution in [2.75, 3.05) is 6.54 Å². The topological polar surface area (TPSA) is 51.1 Å². The summed E-state index contributed by atoms with van der Waals surface area (Å²) in [4.78, 5) is 23.5. The Morgan fingerprint density at radius 3 is 2.59 bits per heavy atom. The van der Waals surface area contributed by atoms with Crippen LogP contribution in [0.1, 0.15) is 37.7 Å². The molecule has 22 heavy (non-hydrogen) atoms. The standard InChI is InChI=1S/C15H19F3N2O2/c16-15(17,18)12-7-4-8-20(14(12)22)10-13(21)19-9-11-5-2-1-3-6-11/h4,7-8,11H,1-3,5-6,9-10H2,(H,19,21). The summed E-state index contributed by atoms with van der Waals surface area (Å²) in [7, 11) is 0. The highest BCUT2D eigenvalue weighted by atomic mass is 19.4. The quantitative estimate of drug-likeness (QED) is 0.928. The van der Waals surface area contributed by atoms with E-state index in [0.717, 1.165) is 42.4 Å². The fourth-order valence-electron chi connectivity index (χ4n) is 2.74. The maximum absolute atomic E-state index is 12.6. The zero-order valence-electron chi connectivity index (χ0n) is 12.2. The van der Waals surface area contributed by atoms with Gasteiger partial charge < -0.3 is 9.88 Å². The van der Waals surface area contributed by atoms with Gasteiger partial charge in [0.05, 0.1) is 0 Å². The van der Waals surface area contributed by atoms with Gasteiger partial charge in [-0.05, 0) is 30.9 Å². The molecule has 4 nitrogen and oxygen atoms in total. The SMILES string of the molecule is O=C(Cn1cccc(C(F)(F)F)c1=O)NCC1CCCCC1. The normalized spacial score (nSPS) is 16.5. The van der Waals surface area contributed by atoms with Gasteiger partial charge in [-0.2, -0.15) is 13.2 Å².